The minimum Gasteiger partial charge on any atom is -0.497 e. The van der Waals surface area contributed by atoms with E-state index >= 15 is 0 Å². The van der Waals surface area contributed by atoms with Crippen LogP contribution in [-0.4, -0.2) is 46.7 Å². The summed E-state index contributed by atoms with van der Waals surface area (Å²) in [7, 11) is 3.21. The summed E-state index contributed by atoms with van der Waals surface area (Å²) >= 11 is 2.73. The molecule has 4 aromatic rings. The summed E-state index contributed by atoms with van der Waals surface area (Å²) in [6.07, 6.45) is 2.36. The molecule has 2 aromatic heterocycles. The molecular formula is C24H24FN5O4S2. The third kappa shape index (κ3) is 6.32. The zero-order chi connectivity index (χ0) is 25.5. The Balaban J connectivity index is 1.45. The average Bonchev–Trinajstić information content (AvgIpc) is 3.53. The Labute approximate surface area is 215 Å². The molecule has 12 heteroatoms. The van der Waals surface area contributed by atoms with Crippen molar-refractivity contribution in [1.82, 2.24) is 20.0 Å². The normalized spacial score (nSPS) is 10.8. The summed E-state index contributed by atoms with van der Waals surface area (Å²) in [6, 6.07) is 11.4. The first kappa shape index (κ1) is 25.5. The van der Waals surface area contributed by atoms with Crippen molar-refractivity contribution in [1.29, 1.82) is 0 Å². The van der Waals surface area contributed by atoms with E-state index in [4.69, 9.17) is 14.2 Å². The summed E-state index contributed by atoms with van der Waals surface area (Å²) in [5.74, 6) is 1.51. The highest BCUT2D eigenvalue weighted by Crippen LogP contribution is 2.31. The van der Waals surface area contributed by atoms with Crippen LogP contribution < -0.4 is 19.5 Å². The molecule has 0 aliphatic heterocycles. The van der Waals surface area contributed by atoms with Crippen LogP contribution in [0.25, 0.3) is 5.69 Å². The molecule has 0 bridgehead atoms. The fourth-order valence-electron chi connectivity index (χ4n) is 3.13. The fraction of sp³-hybridized carbons (Fsp3) is 0.250. The molecule has 2 heterocycles. The zero-order valence-electron chi connectivity index (χ0n) is 19.9. The molecule has 0 unspecified atom stereocenters. The maximum absolute atomic E-state index is 13.3. The van der Waals surface area contributed by atoms with E-state index in [2.05, 4.69) is 20.6 Å². The number of halogens is 1. The summed E-state index contributed by atoms with van der Waals surface area (Å²) < 4.78 is 31.8. The second-order valence-corrected chi connectivity index (χ2v) is 9.65. The van der Waals surface area contributed by atoms with Crippen LogP contribution in [0.3, 0.4) is 0 Å². The minimum absolute atomic E-state index is 0.0978. The summed E-state index contributed by atoms with van der Waals surface area (Å²) in [4.78, 5) is 13.0. The van der Waals surface area contributed by atoms with Gasteiger partial charge in [-0.25, -0.2) is 9.07 Å². The van der Waals surface area contributed by atoms with Crippen LogP contribution in [-0.2, 0) is 5.75 Å². The van der Waals surface area contributed by atoms with E-state index < -0.39 is 5.91 Å². The van der Waals surface area contributed by atoms with Crippen molar-refractivity contribution in [2.75, 3.05) is 26.1 Å². The molecule has 188 valence electrons. The van der Waals surface area contributed by atoms with E-state index in [0.29, 0.717) is 44.8 Å². The Kier molecular flexibility index (Phi) is 8.39. The topological polar surface area (TPSA) is 100 Å². The summed E-state index contributed by atoms with van der Waals surface area (Å²) in [5, 5.41) is 15.7. The van der Waals surface area contributed by atoms with Gasteiger partial charge in [0.05, 0.1) is 32.7 Å². The average molecular weight is 530 g/mol. The first-order valence-corrected chi connectivity index (χ1v) is 12.8. The highest BCUT2D eigenvalue weighted by molar-refractivity contribution is 8.00. The van der Waals surface area contributed by atoms with Crippen LogP contribution in [0, 0.1) is 5.82 Å². The number of amides is 1. The van der Waals surface area contributed by atoms with Gasteiger partial charge in [0.15, 0.2) is 15.8 Å². The Morgan fingerprint density at radius 2 is 1.83 bits per heavy atom. The molecule has 9 nitrogen and oxygen atoms in total. The van der Waals surface area contributed by atoms with Crippen molar-refractivity contribution in [2.45, 2.75) is 23.4 Å². The lowest BCUT2D eigenvalue weighted by atomic mass is 10.2. The van der Waals surface area contributed by atoms with Crippen molar-refractivity contribution in [3.63, 3.8) is 0 Å². The number of rotatable bonds is 11. The molecule has 4 rings (SSSR count). The molecule has 0 saturated carbocycles. The molecule has 1 N–H and O–H groups in total. The maximum Gasteiger partial charge on any atom is 0.281 e. The number of hydrogen-bond donors (Lipinski definition) is 1. The quantitative estimate of drug-likeness (QED) is 0.209. The summed E-state index contributed by atoms with van der Waals surface area (Å²) in [5.41, 5.74) is 1.70. The van der Waals surface area contributed by atoms with E-state index in [0.717, 1.165) is 12.0 Å². The van der Waals surface area contributed by atoms with Crippen LogP contribution in [0.5, 0.6) is 17.2 Å². The molecular weight excluding hydrogens is 505 g/mol. The molecule has 0 radical (unpaired) electrons. The number of carbonyl (C=O) groups is 1. The lowest BCUT2D eigenvalue weighted by molar-refractivity contribution is 0.101. The van der Waals surface area contributed by atoms with E-state index in [9.17, 15) is 9.18 Å². The van der Waals surface area contributed by atoms with E-state index in [1.807, 2.05) is 25.1 Å². The van der Waals surface area contributed by atoms with Gasteiger partial charge in [-0.3, -0.25) is 10.1 Å². The molecule has 0 spiro atoms. The van der Waals surface area contributed by atoms with Gasteiger partial charge in [0.25, 0.3) is 5.91 Å². The Morgan fingerprint density at radius 1 is 1.11 bits per heavy atom. The first-order valence-electron chi connectivity index (χ1n) is 11.0. The predicted octanol–water partition coefficient (Wildman–Crippen LogP) is 5.21. The second-order valence-electron chi connectivity index (χ2n) is 7.45. The molecule has 2 aromatic carbocycles. The van der Waals surface area contributed by atoms with Gasteiger partial charge >= 0.3 is 0 Å². The van der Waals surface area contributed by atoms with Crippen molar-refractivity contribution in [3.05, 3.63) is 65.7 Å². The van der Waals surface area contributed by atoms with Gasteiger partial charge in [0.2, 0.25) is 5.13 Å². The SMILES string of the molecule is CCCOc1cn(-c2ccc(F)cc2)nc1C(=O)Nc1nnc(SCc2cc(OC)cc(OC)c2)s1. The van der Waals surface area contributed by atoms with E-state index in [-0.39, 0.29) is 11.5 Å². The monoisotopic (exact) mass is 529 g/mol. The molecule has 1 amide bonds. The zero-order valence-corrected chi connectivity index (χ0v) is 21.5. The van der Waals surface area contributed by atoms with Crippen LogP contribution >= 0.6 is 23.1 Å². The summed E-state index contributed by atoms with van der Waals surface area (Å²) in [6.45, 7) is 2.39. The molecule has 0 saturated heterocycles. The number of benzene rings is 2. The number of anilines is 1. The number of hydrogen-bond acceptors (Lipinski definition) is 9. The smallest absolute Gasteiger partial charge is 0.281 e. The van der Waals surface area contributed by atoms with E-state index in [1.165, 1.54) is 39.9 Å². The maximum atomic E-state index is 13.3. The fourth-order valence-corrected chi connectivity index (χ4v) is 4.81. The number of carbonyl (C=O) groups excluding carboxylic acids is 1. The minimum atomic E-state index is -0.479. The number of thioether (sulfide) groups is 1. The number of ether oxygens (including phenoxy) is 3. The third-order valence-electron chi connectivity index (χ3n) is 4.85. The van der Waals surface area contributed by atoms with Gasteiger partial charge in [-0.1, -0.05) is 30.0 Å². The third-order valence-corrected chi connectivity index (χ3v) is 6.89. The van der Waals surface area contributed by atoms with Crippen LogP contribution in [0.4, 0.5) is 9.52 Å². The number of aromatic nitrogens is 4. The van der Waals surface area contributed by atoms with Crippen LogP contribution in [0.1, 0.15) is 29.4 Å². The molecule has 36 heavy (non-hydrogen) atoms. The van der Waals surface area contributed by atoms with Crippen molar-refractivity contribution >= 4 is 34.1 Å². The number of nitrogens with one attached hydrogen (secondary N) is 1. The van der Waals surface area contributed by atoms with Crippen LogP contribution in [0.2, 0.25) is 0 Å². The van der Waals surface area contributed by atoms with E-state index in [1.54, 1.807) is 32.5 Å². The highest BCUT2D eigenvalue weighted by Gasteiger charge is 2.21. The molecule has 0 aliphatic carbocycles. The van der Waals surface area contributed by atoms with Gasteiger partial charge in [-0.15, -0.1) is 10.2 Å². The Hall–Kier alpha value is -3.64. The lowest BCUT2D eigenvalue weighted by Gasteiger charge is -2.07. The molecule has 0 atom stereocenters. The first-order chi connectivity index (χ1) is 17.5. The van der Waals surface area contributed by atoms with Gasteiger partial charge in [0.1, 0.15) is 17.3 Å². The van der Waals surface area contributed by atoms with Gasteiger partial charge < -0.3 is 14.2 Å². The molecule has 0 fully saturated rings. The van der Waals surface area contributed by atoms with Crippen molar-refractivity contribution < 1.29 is 23.4 Å². The molecule has 0 aliphatic rings. The Morgan fingerprint density at radius 3 is 2.50 bits per heavy atom. The highest BCUT2D eigenvalue weighted by atomic mass is 32.2. The Bertz CT molecular complexity index is 1300. The van der Waals surface area contributed by atoms with Crippen molar-refractivity contribution in [2.24, 2.45) is 0 Å². The van der Waals surface area contributed by atoms with Gasteiger partial charge in [-0.05, 0) is 48.4 Å². The van der Waals surface area contributed by atoms with Crippen LogP contribution in [0.15, 0.2) is 53.0 Å². The largest absolute Gasteiger partial charge is 0.497 e. The van der Waals surface area contributed by atoms with Gasteiger partial charge in [-0.2, -0.15) is 5.10 Å². The number of nitrogens with zero attached hydrogens (tertiary/aromatic N) is 4. The number of methoxy groups -OCH3 is 2. The standard InChI is InChI=1S/C24H24FN5O4S2/c1-4-9-34-20-13-30(17-7-5-16(25)6-8-17)29-21(20)22(31)26-23-27-28-24(36-23)35-14-15-10-18(32-2)12-19(11-15)33-3/h5-8,10-13H,4,9,14H2,1-3H3,(H,26,27,31). The second kappa shape index (κ2) is 11.9. The van der Waals surface area contributed by atoms with Crippen molar-refractivity contribution in [3.8, 4) is 22.9 Å². The lowest BCUT2D eigenvalue weighted by Crippen LogP contribution is -2.14. The van der Waals surface area contributed by atoms with Gasteiger partial charge in [0, 0.05) is 11.8 Å². The predicted molar refractivity (Wildman–Crippen MR) is 136 cm³/mol.